The van der Waals surface area contributed by atoms with E-state index in [0.717, 1.165) is 22.9 Å². The molecule has 0 atom stereocenters. The van der Waals surface area contributed by atoms with E-state index in [4.69, 9.17) is 9.72 Å². The zero-order valence-corrected chi connectivity index (χ0v) is 12.0. The fraction of sp³-hybridized carbons (Fsp3) is 0.118. The Bertz CT molecular complexity index is 691. The molecule has 0 spiro atoms. The molecule has 99 valence electrons. The van der Waals surface area contributed by atoms with Crippen molar-refractivity contribution in [3.63, 3.8) is 0 Å². The summed E-state index contributed by atoms with van der Waals surface area (Å²) in [5.74, 6) is 0.765. The Morgan fingerprint density at radius 2 is 2.05 bits per heavy atom. The normalized spacial score (nSPS) is 10.4. The molecule has 1 radical (unpaired) electrons. The van der Waals surface area contributed by atoms with Crippen LogP contribution < -0.4 is 4.74 Å². The summed E-state index contributed by atoms with van der Waals surface area (Å²) in [5.41, 5.74) is 3.44. The van der Waals surface area contributed by atoms with Crippen LogP contribution in [0.3, 0.4) is 0 Å². The van der Waals surface area contributed by atoms with Gasteiger partial charge in [0.15, 0.2) is 0 Å². The molecule has 0 aliphatic heterocycles. The Morgan fingerprint density at radius 3 is 2.85 bits per heavy atom. The van der Waals surface area contributed by atoms with Crippen molar-refractivity contribution in [3.05, 3.63) is 71.2 Å². The van der Waals surface area contributed by atoms with Crippen molar-refractivity contribution < 1.29 is 4.74 Å². The number of thiazole rings is 1. The van der Waals surface area contributed by atoms with Gasteiger partial charge in [-0.3, -0.25) is 0 Å². The molecule has 0 saturated heterocycles. The Kier molecular flexibility index (Phi) is 3.79. The third-order valence-electron chi connectivity index (χ3n) is 3.02. The van der Waals surface area contributed by atoms with E-state index in [1.165, 1.54) is 11.1 Å². The molecule has 3 heteroatoms. The van der Waals surface area contributed by atoms with Gasteiger partial charge >= 0.3 is 0 Å². The van der Waals surface area contributed by atoms with Gasteiger partial charge in [-0.25, -0.2) is 4.98 Å². The highest BCUT2D eigenvalue weighted by atomic mass is 32.1. The summed E-state index contributed by atoms with van der Waals surface area (Å²) in [5, 5.41) is 3.18. The highest BCUT2D eigenvalue weighted by Gasteiger charge is 2.05. The summed E-state index contributed by atoms with van der Waals surface area (Å²) in [6.45, 7) is 0. The average molecular weight is 280 g/mol. The quantitative estimate of drug-likeness (QED) is 0.714. The number of aromatic nitrogens is 1. The molecular weight excluding hydrogens is 266 g/mol. The fourth-order valence-electron chi connectivity index (χ4n) is 2.03. The van der Waals surface area contributed by atoms with Crippen LogP contribution in [0, 0.1) is 6.07 Å². The topological polar surface area (TPSA) is 22.1 Å². The maximum Gasteiger partial charge on any atom is 0.127 e. The molecule has 0 unspecified atom stereocenters. The molecule has 0 N–H and O–H groups in total. The molecule has 0 aliphatic rings. The van der Waals surface area contributed by atoms with Crippen molar-refractivity contribution in [2.45, 2.75) is 6.42 Å². The van der Waals surface area contributed by atoms with Gasteiger partial charge in [0.1, 0.15) is 10.8 Å². The van der Waals surface area contributed by atoms with E-state index in [1.54, 1.807) is 18.4 Å². The molecule has 2 nitrogen and oxygen atoms in total. The van der Waals surface area contributed by atoms with Crippen molar-refractivity contribution in [1.82, 2.24) is 4.98 Å². The Hall–Kier alpha value is -2.13. The molecule has 3 rings (SSSR count). The summed E-state index contributed by atoms with van der Waals surface area (Å²) in [6, 6.07) is 19.2. The third kappa shape index (κ3) is 2.89. The maximum atomic E-state index is 5.19. The first-order valence-corrected chi connectivity index (χ1v) is 7.27. The average Bonchev–Trinajstić information content (AvgIpc) is 2.97. The summed E-state index contributed by atoms with van der Waals surface area (Å²) in [6.07, 6.45) is 0.814. The molecule has 20 heavy (non-hydrogen) atoms. The minimum Gasteiger partial charge on any atom is -0.496 e. The fourth-order valence-corrected chi connectivity index (χ4v) is 2.85. The van der Waals surface area contributed by atoms with E-state index in [0.29, 0.717) is 0 Å². The predicted octanol–water partition coefficient (Wildman–Crippen LogP) is 4.21. The minimum absolute atomic E-state index is 0.765. The molecule has 2 aromatic carbocycles. The van der Waals surface area contributed by atoms with Crippen LogP contribution in [0.15, 0.2) is 53.9 Å². The van der Waals surface area contributed by atoms with Gasteiger partial charge in [-0.1, -0.05) is 42.5 Å². The van der Waals surface area contributed by atoms with Crippen LogP contribution in [-0.2, 0) is 6.42 Å². The molecular formula is C17H14NOS. The summed E-state index contributed by atoms with van der Waals surface area (Å²) in [4.78, 5) is 4.70. The van der Waals surface area contributed by atoms with Gasteiger partial charge in [-0.15, -0.1) is 11.3 Å². The summed E-state index contributed by atoms with van der Waals surface area (Å²) in [7, 11) is 1.66. The zero-order valence-electron chi connectivity index (χ0n) is 11.2. The van der Waals surface area contributed by atoms with Crippen LogP contribution in [0.4, 0.5) is 0 Å². The molecule has 1 aromatic heterocycles. The lowest BCUT2D eigenvalue weighted by Crippen LogP contribution is -1.90. The van der Waals surface area contributed by atoms with Gasteiger partial charge in [-0.05, 0) is 11.6 Å². The van der Waals surface area contributed by atoms with Crippen LogP contribution in [0.5, 0.6) is 5.75 Å². The molecule has 0 saturated carbocycles. The van der Waals surface area contributed by atoms with E-state index in [9.17, 15) is 0 Å². The number of ether oxygens (including phenoxy) is 1. The number of methoxy groups -OCH3 is 1. The van der Waals surface area contributed by atoms with Crippen molar-refractivity contribution in [3.8, 4) is 16.3 Å². The molecule has 0 bridgehead atoms. The Morgan fingerprint density at radius 1 is 1.20 bits per heavy atom. The lowest BCUT2D eigenvalue weighted by Gasteiger charge is -2.02. The minimum atomic E-state index is 0.765. The van der Waals surface area contributed by atoms with E-state index in [2.05, 4.69) is 23.6 Å². The largest absolute Gasteiger partial charge is 0.496 e. The van der Waals surface area contributed by atoms with Gasteiger partial charge < -0.3 is 4.74 Å². The molecule has 3 aromatic rings. The van der Waals surface area contributed by atoms with Gasteiger partial charge in [-0.2, -0.15) is 0 Å². The first kappa shape index (κ1) is 12.9. The molecule has 1 heterocycles. The van der Waals surface area contributed by atoms with Crippen LogP contribution >= 0.6 is 11.3 Å². The molecule has 0 fully saturated rings. The Balaban J connectivity index is 1.80. The molecule has 0 amide bonds. The van der Waals surface area contributed by atoms with Crippen LogP contribution in [0.2, 0.25) is 0 Å². The number of benzene rings is 2. The second-order valence-corrected chi connectivity index (χ2v) is 5.31. The van der Waals surface area contributed by atoms with Crippen LogP contribution in [0.25, 0.3) is 10.6 Å². The van der Waals surface area contributed by atoms with E-state index >= 15 is 0 Å². The highest BCUT2D eigenvalue weighted by Crippen LogP contribution is 2.25. The maximum absolute atomic E-state index is 5.19. The first-order valence-electron chi connectivity index (χ1n) is 6.39. The third-order valence-corrected chi connectivity index (χ3v) is 3.96. The van der Waals surface area contributed by atoms with Crippen molar-refractivity contribution >= 4 is 11.3 Å². The van der Waals surface area contributed by atoms with E-state index in [1.807, 2.05) is 36.4 Å². The number of hydrogen-bond acceptors (Lipinski definition) is 3. The number of nitrogens with zero attached hydrogens (tertiary/aromatic N) is 1. The van der Waals surface area contributed by atoms with Gasteiger partial charge in [0.05, 0.1) is 12.8 Å². The second kappa shape index (κ2) is 5.88. The highest BCUT2D eigenvalue weighted by molar-refractivity contribution is 7.13. The standard InChI is InChI=1S/C17H14NOS/c1-19-16-9-5-6-13(11-16)10-15-12-20-17(18-15)14-7-3-2-4-8-14/h2-8,11-12H,10H2,1H3. The number of rotatable bonds is 4. The van der Waals surface area contributed by atoms with Crippen LogP contribution in [0.1, 0.15) is 11.3 Å². The second-order valence-electron chi connectivity index (χ2n) is 4.45. The van der Waals surface area contributed by atoms with Gasteiger partial charge in [0.25, 0.3) is 0 Å². The lowest BCUT2D eigenvalue weighted by atomic mass is 10.1. The lowest BCUT2D eigenvalue weighted by molar-refractivity contribution is 0.413. The smallest absolute Gasteiger partial charge is 0.127 e. The monoisotopic (exact) mass is 280 g/mol. The summed E-state index contributed by atoms with van der Waals surface area (Å²) < 4.78 is 5.19. The van der Waals surface area contributed by atoms with Crippen LogP contribution in [-0.4, -0.2) is 12.1 Å². The van der Waals surface area contributed by atoms with Crippen molar-refractivity contribution in [1.29, 1.82) is 0 Å². The van der Waals surface area contributed by atoms with Gasteiger partial charge in [0.2, 0.25) is 0 Å². The van der Waals surface area contributed by atoms with E-state index < -0.39 is 0 Å². The summed E-state index contributed by atoms with van der Waals surface area (Å²) >= 11 is 1.68. The Labute approximate surface area is 122 Å². The SMILES string of the molecule is COc1[c]ccc(Cc2csc(-c3ccccc3)n2)c1. The zero-order chi connectivity index (χ0) is 13.8. The van der Waals surface area contributed by atoms with Crippen molar-refractivity contribution in [2.24, 2.45) is 0 Å². The van der Waals surface area contributed by atoms with Gasteiger partial charge in [0, 0.05) is 23.4 Å². The van der Waals surface area contributed by atoms with E-state index in [-0.39, 0.29) is 0 Å². The predicted molar refractivity (Wildman–Crippen MR) is 82.2 cm³/mol. The first-order chi connectivity index (χ1) is 9.85. The van der Waals surface area contributed by atoms with Crippen molar-refractivity contribution in [2.75, 3.05) is 7.11 Å². The number of hydrogen-bond donors (Lipinski definition) is 0. The molecule has 0 aliphatic carbocycles.